The average Bonchev–Trinajstić information content (AvgIpc) is 3.51. The molecule has 0 spiro atoms. The SMILES string of the molecule is C=CCC(O)c1c(C)noc1-c1ccc(-c2ccc(C3(C(=O)OCC)CC3)cc2)cc1. The summed E-state index contributed by atoms with van der Waals surface area (Å²) >= 11 is 0. The Morgan fingerprint density at radius 3 is 2.29 bits per heavy atom. The van der Waals surface area contributed by atoms with Gasteiger partial charge in [-0.25, -0.2) is 0 Å². The van der Waals surface area contributed by atoms with E-state index >= 15 is 0 Å². The number of esters is 1. The number of ether oxygens (including phenoxy) is 1. The highest BCUT2D eigenvalue weighted by molar-refractivity contribution is 5.87. The lowest BCUT2D eigenvalue weighted by Crippen LogP contribution is -2.23. The van der Waals surface area contributed by atoms with Crippen LogP contribution in [0.5, 0.6) is 0 Å². The van der Waals surface area contributed by atoms with Crippen molar-refractivity contribution in [1.29, 1.82) is 0 Å². The second-order valence-corrected chi connectivity index (χ2v) is 8.01. The van der Waals surface area contributed by atoms with Crippen LogP contribution in [0.4, 0.5) is 0 Å². The predicted octanol–water partition coefficient (Wildman–Crippen LogP) is 5.52. The normalized spacial score (nSPS) is 15.3. The van der Waals surface area contributed by atoms with Crippen LogP contribution in [-0.4, -0.2) is 22.8 Å². The minimum atomic E-state index is -0.694. The zero-order valence-corrected chi connectivity index (χ0v) is 17.9. The molecule has 5 heteroatoms. The molecule has 4 rings (SSSR count). The van der Waals surface area contributed by atoms with Gasteiger partial charge >= 0.3 is 5.97 Å². The molecule has 3 aromatic rings. The number of aliphatic hydroxyl groups is 1. The number of carbonyl (C=O) groups excluding carboxylic acids is 1. The number of aliphatic hydroxyl groups excluding tert-OH is 1. The molecule has 1 atom stereocenters. The number of hydrogen-bond donors (Lipinski definition) is 1. The average molecular weight is 418 g/mol. The fraction of sp³-hybridized carbons (Fsp3) is 0.308. The van der Waals surface area contributed by atoms with Crippen LogP contribution in [0.15, 0.2) is 65.7 Å². The molecule has 1 unspecified atom stereocenters. The third kappa shape index (κ3) is 3.93. The van der Waals surface area contributed by atoms with Crippen molar-refractivity contribution in [3.05, 3.63) is 78.0 Å². The van der Waals surface area contributed by atoms with Crippen LogP contribution in [0, 0.1) is 6.92 Å². The quantitative estimate of drug-likeness (QED) is 0.386. The molecule has 1 saturated carbocycles. The van der Waals surface area contributed by atoms with E-state index in [4.69, 9.17) is 9.26 Å². The predicted molar refractivity (Wildman–Crippen MR) is 119 cm³/mol. The Hall–Kier alpha value is -3.18. The Balaban J connectivity index is 1.56. The molecule has 1 N–H and O–H groups in total. The molecule has 5 nitrogen and oxygen atoms in total. The summed E-state index contributed by atoms with van der Waals surface area (Å²) < 4.78 is 10.8. The molecule has 31 heavy (non-hydrogen) atoms. The molecule has 0 aliphatic heterocycles. The van der Waals surface area contributed by atoms with E-state index < -0.39 is 11.5 Å². The largest absolute Gasteiger partial charge is 0.465 e. The molecule has 2 aromatic carbocycles. The van der Waals surface area contributed by atoms with Crippen LogP contribution in [0.2, 0.25) is 0 Å². The van der Waals surface area contributed by atoms with Gasteiger partial charge in [0.15, 0.2) is 5.76 Å². The molecule has 0 radical (unpaired) electrons. The fourth-order valence-electron chi connectivity index (χ4n) is 4.05. The highest BCUT2D eigenvalue weighted by Gasteiger charge is 2.52. The number of benzene rings is 2. The first-order valence-electron chi connectivity index (χ1n) is 10.6. The van der Waals surface area contributed by atoms with Crippen LogP contribution in [0.3, 0.4) is 0 Å². The first-order valence-corrected chi connectivity index (χ1v) is 10.6. The van der Waals surface area contributed by atoms with Gasteiger partial charge in [0.1, 0.15) is 0 Å². The van der Waals surface area contributed by atoms with E-state index in [2.05, 4.69) is 11.7 Å². The van der Waals surface area contributed by atoms with Gasteiger partial charge in [-0.15, -0.1) is 6.58 Å². The van der Waals surface area contributed by atoms with Gasteiger partial charge < -0.3 is 14.4 Å². The van der Waals surface area contributed by atoms with Crippen molar-refractivity contribution in [2.75, 3.05) is 6.61 Å². The molecule has 160 valence electrons. The summed E-state index contributed by atoms with van der Waals surface area (Å²) in [5.41, 5.74) is 4.93. The van der Waals surface area contributed by atoms with Crippen molar-refractivity contribution >= 4 is 5.97 Å². The molecule has 0 bridgehead atoms. The van der Waals surface area contributed by atoms with Crippen molar-refractivity contribution in [3.8, 4) is 22.5 Å². The van der Waals surface area contributed by atoms with Crippen LogP contribution < -0.4 is 0 Å². The Bertz CT molecular complexity index is 1080. The summed E-state index contributed by atoms with van der Waals surface area (Å²) in [5.74, 6) is 0.461. The Labute approximate surface area is 182 Å². The molecule has 1 aliphatic carbocycles. The monoisotopic (exact) mass is 417 g/mol. The zero-order valence-electron chi connectivity index (χ0n) is 17.9. The van der Waals surface area contributed by atoms with Crippen LogP contribution >= 0.6 is 0 Å². The van der Waals surface area contributed by atoms with Crippen molar-refractivity contribution < 1.29 is 19.2 Å². The second-order valence-electron chi connectivity index (χ2n) is 8.01. The third-order valence-electron chi connectivity index (χ3n) is 5.97. The number of aryl methyl sites for hydroxylation is 1. The Morgan fingerprint density at radius 2 is 1.74 bits per heavy atom. The zero-order chi connectivity index (χ0) is 22.0. The maximum atomic E-state index is 12.3. The smallest absolute Gasteiger partial charge is 0.316 e. The number of nitrogens with zero attached hydrogens (tertiary/aromatic N) is 1. The van der Waals surface area contributed by atoms with E-state index in [0.29, 0.717) is 30.0 Å². The van der Waals surface area contributed by atoms with Gasteiger partial charge in [-0.3, -0.25) is 4.79 Å². The summed E-state index contributed by atoms with van der Waals surface area (Å²) in [6, 6.07) is 16.1. The van der Waals surface area contributed by atoms with Gasteiger partial charge in [0.25, 0.3) is 0 Å². The van der Waals surface area contributed by atoms with Crippen molar-refractivity contribution in [2.24, 2.45) is 0 Å². The first kappa shape index (κ1) is 21.1. The molecular weight excluding hydrogens is 390 g/mol. The molecular formula is C26H27NO4. The third-order valence-corrected chi connectivity index (χ3v) is 5.97. The number of aromatic nitrogens is 1. The van der Waals surface area contributed by atoms with Gasteiger partial charge in [0.05, 0.1) is 29.4 Å². The summed E-state index contributed by atoms with van der Waals surface area (Å²) in [4.78, 5) is 12.3. The molecule has 0 saturated heterocycles. The van der Waals surface area contributed by atoms with E-state index in [1.54, 1.807) is 6.08 Å². The highest BCUT2D eigenvalue weighted by atomic mass is 16.5. The number of rotatable bonds is 8. The number of hydrogen-bond acceptors (Lipinski definition) is 5. The second kappa shape index (κ2) is 8.52. The van der Waals surface area contributed by atoms with Crippen LogP contribution in [-0.2, 0) is 14.9 Å². The minimum Gasteiger partial charge on any atom is -0.465 e. The van der Waals surface area contributed by atoms with Crippen LogP contribution in [0.1, 0.15) is 49.1 Å². The maximum absolute atomic E-state index is 12.3. The Kier molecular flexibility index (Phi) is 5.79. The van der Waals surface area contributed by atoms with Gasteiger partial charge in [-0.05, 0) is 49.8 Å². The topological polar surface area (TPSA) is 72.6 Å². The Morgan fingerprint density at radius 1 is 1.16 bits per heavy atom. The fourth-order valence-corrected chi connectivity index (χ4v) is 4.05. The van der Waals surface area contributed by atoms with E-state index in [1.165, 1.54) is 0 Å². The van der Waals surface area contributed by atoms with Crippen molar-refractivity contribution in [3.63, 3.8) is 0 Å². The van der Waals surface area contributed by atoms with Gasteiger partial charge in [0, 0.05) is 5.56 Å². The summed E-state index contributed by atoms with van der Waals surface area (Å²) in [7, 11) is 0. The number of carbonyl (C=O) groups is 1. The summed E-state index contributed by atoms with van der Waals surface area (Å²) in [6.07, 6.45) is 3.11. The van der Waals surface area contributed by atoms with Crippen molar-refractivity contribution in [2.45, 2.75) is 44.6 Å². The maximum Gasteiger partial charge on any atom is 0.316 e. The van der Waals surface area contributed by atoms with Gasteiger partial charge in [0.2, 0.25) is 0 Å². The lowest BCUT2D eigenvalue weighted by atomic mass is 9.93. The van der Waals surface area contributed by atoms with E-state index in [1.807, 2.05) is 62.4 Å². The van der Waals surface area contributed by atoms with Gasteiger partial charge in [-0.2, -0.15) is 0 Å². The van der Waals surface area contributed by atoms with E-state index in [-0.39, 0.29) is 5.97 Å². The molecule has 1 fully saturated rings. The van der Waals surface area contributed by atoms with Crippen LogP contribution in [0.25, 0.3) is 22.5 Å². The van der Waals surface area contributed by atoms with Crippen molar-refractivity contribution in [1.82, 2.24) is 5.16 Å². The lowest BCUT2D eigenvalue weighted by Gasteiger charge is -2.14. The molecule has 1 aromatic heterocycles. The summed E-state index contributed by atoms with van der Waals surface area (Å²) in [6.45, 7) is 7.76. The summed E-state index contributed by atoms with van der Waals surface area (Å²) in [5, 5.41) is 14.5. The minimum absolute atomic E-state index is 0.121. The van der Waals surface area contributed by atoms with Gasteiger partial charge in [-0.1, -0.05) is 59.8 Å². The first-order chi connectivity index (χ1) is 15.0. The molecule has 1 aliphatic rings. The molecule has 0 amide bonds. The standard InChI is InChI=1S/C26H27NO4/c1-4-6-22(28)23-17(3)27-31-24(23)20-9-7-18(8-10-20)19-11-13-21(14-12-19)26(15-16-26)25(29)30-5-2/h4,7-14,22,28H,1,5-6,15-16H2,2-3H3. The lowest BCUT2D eigenvalue weighted by molar-refractivity contribution is -0.146. The highest BCUT2D eigenvalue weighted by Crippen LogP contribution is 2.49. The molecule has 1 heterocycles. The van der Waals surface area contributed by atoms with E-state index in [0.717, 1.165) is 35.1 Å². The van der Waals surface area contributed by atoms with E-state index in [9.17, 15) is 9.90 Å².